The Kier molecular flexibility index (Phi) is 14.4. The van der Waals surface area contributed by atoms with Crippen LogP contribution in [-0.2, 0) is 19.2 Å². The van der Waals surface area contributed by atoms with Crippen molar-refractivity contribution < 1.29 is 85.3 Å². The fraction of sp³-hybridized carbons (Fsp3) is 0.409. The highest BCUT2D eigenvalue weighted by Crippen LogP contribution is 2.57. The van der Waals surface area contributed by atoms with Crippen LogP contribution in [0.15, 0.2) is 81.7 Å². The molecule has 21 nitrogen and oxygen atoms in total. The maximum absolute atomic E-state index is 13.3. The molecule has 23 heteroatoms. The summed E-state index contributed by atoms with van der Waals surface area (Å²) in [5, 5.41) is 110. The van der Waals surface area contributed by atoms with Gasteiger partial charge in [0, 0.05) is 23.0 Å². The molecule has 2 amide bonds. The van der Waals surface area contributed by atoms with Crippen molar-refractivity contribution in [3.05, 3.63) is 104 Å². The molecule has 6 aliphatic rings. The van der Waals surface area contributed by atoms with Crippen molar-refractivity contribution in [3.63, 3.8) is 0 Å². The molecule has 0 aliphatic heterocycles. The van der Waals surface area contributed by atoms with Crippen LogP contribution in [0.25, 0.3) is 0 Å². The highest BCUT2D eigenvalue weighted by molar-refractivity contribution is 6.26. The number of rotatable bonds is 4. The predicted octanol–water partition coefficient (Wildman–Crippen LogP) is -0.676. The minimum atomic E-state index is -2.89. The Labute approximate surface area is 393 Å². The number of carbonyl (C=O) groups excluding carboxylic acids is 6. The number of phenols is 2. The lowest BCUT2D eigenvalue weighted by molar-refractivity contribution is -0.162. The number of amides is 2. The van der Waals surface area contributed by atoms with Gasteiger partial charge in [-0.15, -0.1) is 24.8 Å². The zero-order chi connectivity index (χ0) is 47.7. The van der Waals surface area contributed by atoms with Gasteiger partial charge in [0.2, 0.25) is 11.6 Å². The van der Waals surface area contributed by atoms with Crippen LogP contribution >= 0.6 is 24.8 Å². The normalized spacial score (nSPS) is 32.8. The topological polar surface area (TPSA) is 395 Å². The number of hydrogen-bond donors (Lipinski definition) is 12. The second kappa shape index (κ2) is 18.0. The third kappa shape index (κ3) is 7.02. The molecule has 0 saturated heterocycles. The molecule has 8 rings (SSSR count). The third-order valence-corrected chi connectivity index (χ3v) is 14.0. The van der Waals surface area contributed by atoms with Crippen LogP contribution in [0.4, 0.5) is 0 Å². The number of aliphatic hydroxyl groups is 8. The lowest BCUT2D eigenvalue weighted by Gasteiger charge is -2.53. The van der Waals surface area contributed by atoms with Gasteiger partial charge in [-0.05, 0) is 63.3 Å². The van der Waals surface area contributed by atoms with Gasteiger partial charge in [0.15, 0.2) is 22.8 Å². The Morgan fingerprint density at radius 3 is 1.15 bits per heavy atom. The van der Waals surface area contributed by atoms with E-state index in [0.717, 1.165) is 0 Å². The van der Waals surface area contributed by atoms with Crippen molar-refractivity contribution in [3.8, 4) is 11.5 Å². The van der Waals surface area contributed by atoms with Crippen LogP contribution in [0, 0.1) is 23.7 Å². The van der Waals surface area contributed by atoms with Gasteiger partial charge in [-0.2, -0.15) is 0 Å². The Bertz CT molecular complexity index is 2470. The minimum absolute atomic E-state index is 0. The minimum Gasteiger partial charge on any atom is -0.510 e. The molecule has 12 atom stereocenters. The van der Waals surface area contributed by atoms with Crippen LogP contribution in [0.5, 0.6) is 11.5 Å². The number of phenolic OH excluding ortho intramolecular Hbond substituents is 2. The molecule has 364 valence electrons. The number of aliphatic hydroxyl groups excluding tert-OH is 6. The van der Waals surface area contributed by atoms with E-state index in [-0.39, 0.29) is 52.9 Å². The van der Waals surface area contributed by atoms with Crippen LogP contribution < -0.4 is 11.5 Å². The molecule has 0 unspecified atom stereocenters. The van der Waals surface area contributed by atoms with Gasteiger partial charge in [0.25, 0.3) is 11.8 Å². The number of carbonyl (C=O) groups is 6. The summed E-state index contributed by atoms with van der Waals surface area (Å²) in [6, 6.07) is 6.33. The second-order valence-corrected chi connectivity index (χ2v) is 17.6. The molecule has 0 radical (unpaired) electrons. The van der Waals surface area contributed by atoms with Crippen molar-refractivity contribution in [1.29, 1.82) is 0 Å². The van der Waals surface area contributed by atoms with Crippen LogP contribution in [0.2, 0.25) is 0 Å². The number of nitrogens with zero attached hydrogens (tertiary/aromatic N) is 2. The fourth-order valence-corrected chi connectivity index (χ4v) is 11.2. The largest absolute Gasteiger partial charge is 0.510 e. The number of Topliss-reactive ketones (excluding diaryl/α,β-unsaturated/α-hetero) is 4. The molecule has 67 heavy (non-hydrogen) atoms. The van der Waals surface area contributed by atoms with Gasteiger partial charge in [-0.25, -0.2) is 0 Å². The van der Waals surface area contributed by atoms with E-state index < -0.39 is 151 Å². The number of aromatic hydroxyl groups is 2. The molecule has 0 heterocycles. The molecular weight excluding hydrogens is 927 g/mol. The maximum Gasteiger partial charge on any atom is 0.255 e. The van der Waals surface area contributed by atoms with Crippen LogP contribution in [-0.4, -0.2) is 165 Å². The number of primary amides is 2. The van der Waals surface area contributed by atoms with E-state index in [9.17, 15) is 79.8 Å². The number of fused-ring (bicyclic) bond motifs is 6. The summed E-state index contributed by atoms with van der Waals surface area (Å²) < 4.78 is 0. The van der Waals surface area contributed by atoms with E-state index in [2.05, 4.69) is 0 Å². The van der Waals surface area contributed by atoms with Crippen molar-refractivity contribution in [2.45, 2.75) is 61.2 Å². The van der Waals surface area contributed by atoms with Gasteiger partial charge < -0.3 is 68.0 Å². The number of halogens is 2. The first-order chi connectivity index (χ1) is 29.7. The molecule has 2 aromatic carbocycles. The summed E-state index contributed by atoms with van der Waals surface area (Å²) in [6.45, 7) is 3.35. The monoisotopic (exact) mass is 978 g/mol. The van der Waals surface area contributed by atoms with Crippen molar-refractivity contribution in [1.82, 2.24) is 9.80 Å². The lowest BCUT2D eigenvalue weighted by Crippen LogP contribution is -2.68. The van der Waals surface area contributed by atoms with Gasteiger partial charge in [-0.1, -0.05) is 38.1 Å². The molecule has 2 aromatic rings. The third-order valence-electron chi connectivity index (χ3n) is 14.0. The Morgan fingerprint density at radius 2 is 0.881 bits per heavy atom. The smallest absolute Gasteiger partial charge is 0.255 e. The average Bonchev–Trinajstić information content (AvgIpc) is 3.20. The average molecular weight is 980 g/mol. The van der Waals surface area contributed by atoms with E-state index >= 15 is 0 Å². The molecule has 0 bridgehead atoms. The Morgan fingerprint density at radius 1 is 0.582 bits per heavy atom. The molecule has 0 fully saturated rings. The summed E-state index contributed by atoms with van der Waals surface area (Å²) in [6.07, 6.45) is -3.18. The molecule has 0 spiro atoms. The quantitative estimate of drug-likeness (QED) is 0.169. The van der Waals surface area contributed by atoms with E-state index in [1.807, 2.05) is 0 Å². The number of nitrogens with two attached hydrogens (primary N) is 2. The molecule has 6 aliphatic carbocycles. The number of hydrogen-bond acceptors (Lipinski definition) is 18. The van der Waals surface area contributed by atoms with E-state index in [1.54, 1.807) is 38.1 Å². The summed E-state index contributed by atoms with van der Waals surface area (Å²) in [5.41, 5.74) is 2.73. The summed E-state index contributed by atoms with van der Waals surface area (Å²) in [5.74, 6) is -17.7. The number of ketones is 4. The van der Waals surface area contributed by atoms with E-state index in [4.69, 9.17) is 11.5 Å². The van der Waals surface area contributed by atoms with Crippen molar-refractivity contribution >= 4 is 59.8 Å². The van der Waals surface area contributed by atoms with Gasteiger partial charge in [-0.3, -0.25) is 38.6 Å². The van der Waals surface area contributed by atoms with E-state index in [0.29, 0.717) is 11.1 Å². The van der Waals surface area contributed by atoms with E-state index in [1.165, 1.54) is 50.1 Å². The standard InChI is InChI=1S/2C22H24N2O8.2ClH.H2O/c2*1-7-8-5-4-6-9(25)11(8)16(26)12-10(7)17(27)14-15(24(2)3)18(28)13(21(23)31)20(30)22(14,32)19(12)29;;;/h2*4-7,10,14-15,17,25,27-29,32H,1-3H3,(H2,23,31);2*1H;1H2/t2*7-,10+,14+,15-,17-,22-;;;/m00.../s1. The number of benzene rings is 2. The molecule has 0 aromatic heterocycles. The molecular formula is C44H52Cl2N4O17. The SMILES string of the molecule is C[C@H]1c2cccc(O)c2C(=O)C2=C(O)[C@]3(O)C(=O)C(C(N)=O)=C(O)[C@@H](N(C)C)[C@@H]3[C@@H](O)[C@@H]21.C[C@H]1c2cccc(O)c2C(=O)C2=C(O)[C@]3(O)C(=O)C(C(N)=O)=C(O)[C@@H](N(C)C)[C@@H]3[C@@H](O)[C@@H]21.Cl.Cl.O. The highest BCUT2D eigenvalue weighted by atomic mass is 35.5. The lowest BCUT2D eigenvalue weighted by atomic mass is 9.55. The zero-order valence-corrected chi connectivity index (χ0v) is 38.2. The summed E-state index contributed by atoms with van der Waals surface area (Å²) in [4.78, 5) is 79.6. The fourth-order valence-electron chi connectivity index (χ4n) is 11.2. The van der Waals surface area contributed by atoms with Gasteiger partial charge in [0.05, 0.1) is 47.3 Å². The second-order valence-electron chi connectivity index (χ2n) is 17.6. The first-order valence-electron chi connectivity index (χ1n) is 20.0. The van der Waals surface area contributed by atoms with Crippen molar-refractivity contribution in [2.24, 2.45) is 35.1 Å². The first-order valence-corrected chi connectivity index (χ1v) is 20.0. The summed E-state index contributed by atoms with van der Waals surface area (Å²) in [7, 11) is 5.95. The van der Waals surface area contributed by atoms with Gasteiger partial charge >= 0.3 is 0 Å². The molecule has 0 saturated carbocycles. The highest BCUT2D eigenvalue weighted by Gasteiger charge is 2.69. The Hall–Kier alpha value is -5.88. The van der Waals surface area contributed by atoms with Crippen molar-refractivity contribution in [2.75, 3.05) is 28.2 Å². The summed E-state index contributed by atoms with van der Waals surface area (Å²) >= 11 is 0. The van der Waals surface area contributed by atoms with Gasteiger partial charge in [0.1, 0.15) is 45.7 Å². The van der Waals surface area contributed by atoms with Crippen LogP contribution in [0.1, 0.15) is 57.5 Å². The maximum atomic E-state index is 13.3. The zero-order valence-electron chi connectivity index (χ0n) is 36.5. The first kappa shape index (κ1) is 53.7. The number of likely N-dealkylation sites (N-methyl/N-ethyl adjacent to an activating group) is 2. The molecule has 16 N–H and O–H groups in total. The Balaban J connectivity index is 0.000000280. The van der Waals surface area contributed by atoms with Crippen LogP contribution in [0.3, 0.4) is 0 Å². The predicted molar refractivity (Wildman–Crippen MR) is 238 cm³/mol.